The molecule has 294 valence electrons. The second-order valence-electron chi connectivity index (χ2n) is 16.0. The van der Waals surface area contributed by atoms with Crippen molar-refractivity contribution in [3.8, 4) is 56.7 Å². The summed E-state index contributed by atoms with van der Waals surface area (Å²) >= 11 is 1.80. The molecule has 0 bridgehead atoms. The maximum atomic E-state index is 5.24. The second kappa shape index (κ2) is 14.2. The summed E-state index contributed by atoms with van der Waals surface area (Å²) < 4.78 is 7.19. The summed E-state index contributed by atoms with van der Waals surface area (Å²) in [6, 6.07) is 75.6. The van der Waals surface area contributed by atoms with Gasteiger partial charge in [0.05, 0.1) is 22.1 Å². The predicted octanol–water partition coefficient (Wildman–Crippen LogP) is 15.1. The monoisotopic (exact) mass is 821 g/mol. The Labute approximate surface area is 366 Å². The van der Waals surface area contributed by atoms with Crippen LogP contribution in [0.1, 0.15) is 0 Å². The Bertz CT molecular complexity index is 3850. The molecule has 13 rings (SSSR count). The van der Waals surface area contributed by atoms with E-state index < -0.39 is 0 Å². The van der Waals surface area contributed by atoms with Crippen LogP contribution in [-0.2, 0) is 0 Å². The van der Waals surface area contributed by atoms with E-state index in [0.717, 1.165) is 43.9 Å². The predicted molar refractivity (Wildman–Crippen MR) is 263 cm³/mol. The van der Waals surface area contributed by atoms with Crippen LogP contribution in [0.2, 0.25) is 0 Å². The first-order valence-electron chi connectivity index (χ1n) is 21.2. The first-order chi connectivity index (χ1) is 31.2. The molecule has 0 amide bonds. The van der Waals surface area contributed by atoms with Crippen LogP contribution in [0, 0.1) is 0 Å². The Morgan fingerprint density at radius 2 is 0.841 bits per heavy atom. The van der Waals surface area contributed by atoms with Crippen LogP contribution in [0.4, 0.5) is 0 Å². The molecule has 4 heterocycles. The second-order valence-corrected chi connectivity index (χ2v) is 17.1. The van der Waals surface area contributed by atoms with Crippen molar-refractivity contribution in [2.24, 2.45) is 0 Å². The Balaban J connectivity index is 1.02. The number of aromatic nitrogens is 5. The summed E-state index contributed by atoms with van der Waals surface area (Å²) in [6.07, 6.45) is 0. The summed E-state index contributed by atoms with van der Waals surface area (Å²) in [5, 5.41) is 7.34. The lowest BCUT2D eigenvalue weighted by Gasteiger charge is -2.11. The number of hydrogen-bond donors (Lipinski definition) is 0. The van der Waals surface area contributed by atoms with Crippen LogP contribution in [0.15, 0.2) is 212 Å². The zero-order valence-corrected chi connectivity index (χ0v) is 34.7. The van der Waals surface area contributed by atoms with E-state index in [0.29, 0.717) is 17.5 Å². The number of para-hydroxylation sites is 3. The fourth-order valence-electron chi connectivity index (χ4n) is 9.48. The van der Waals surface area contributed by atoms with Gasteiger partial charge in [0.25, 0.3) is 0 Å². The van der Waals surface area contributed by atoms with E-state index in [-0.39, 0.29) is 0 Å². The maximum Gasteiger partial charge on any atom is 0.165 e. The Morgan fingerprint density at radius 1 is 0.302 bits per heavy atom. The number of thiophene rings is 1. The van der Waals surface area contributed by atoms with Gasteiger partial charge in [-0.1, -0.05) is 152 Å². The van der Waals surface area contributed by atoms with Gasteiger partial charge in [0, 0.05) is 69.8 Å². The van der Waals surface area contributed by atoms with Crippen LogP contribution in [0.25, 0.3) is 120 Å². The third-order valence-electron chi connectivity index (χ3n) is 12.4. The van der Waals surface area contributed by atoms with Gasteiger partial charge in [0.1, 0.15) is 0 Å². The number of rotatable bonds is 6. The highest BCUT2D eigenvalue weighted by atomic mass is 32.1. The van der Waals surface area contributed by atoms with Gasteiger partial charge < -0.3 is 9.13 Å². The number of benzene rings is 9. The molecule has 4 aromatic heterocycles. The smallest absolute Gasteiger partial charge is 0.165 e. The topological polar surface area (TPSA) is 48.5 Å². The molecule has 0 N–H and O–H groups in total. The van der Waals surface area contributed by atoms with Crippen molar-refractivity contribution in [3.63, 3.8) is 0 Å². The fourth-order valence-corrected chi connectivity index (χ4v) is 10.7. The van der Waals surface area contributed by atoms with Crippen molar-refractivity contribution in [2.75, 3.05) is 0 Å². The van der Waals surface area contributed by atoms with Crippen molar-refractivity contribution >= 4 is 75.1 Å². The Kier molecular flexibility index (Phi) is 8.01. The highest BCUT2D eigenvalue weighted by Gasteiger charge is 2.21. The van der Waals surface area contributed by atoms with Gasteiger partial charge in [-0.2, -0.15) is 0 Å². The molecule has 0 aliphatic rings. The zero-order valence-electron chi connectivity index (χ0n) is 33.9. The normalized spacial score (nSPS) is 11.8. The lowest BCUT2D eigenvalue weighted by atomic mass is 10.0. The lowest BCUT2D eigenvalue weighted by molar-refractivity contribution is 1.08. The highest BCUT2D eigenvalue weighted by Crippen LogP contribution is 2.44. The van der Waals surface area contributed by atoms with E-state index in [1.807, 2.05) is 24.3 Å². The summed E-state index contributed by atoms with van der Waals surface area (Å²) in [5.74, 6) is 1.94. The largest absolute Gasteiger partial charge is 0.309 e. The molecule has 0 saturated heterocycles. The first kappa shape index (κ1) is 35.6. The highest BCUT2D eigenvalue weighted by molar-refractivity contribution is 7.26. The molecule has 0 spiro atoms. The third-order valence-corrected chi connectivity index (χ3v) is 13.6. The minimum Gasteiger partial charge on any atom is -0.309 e. The zero-order chi connectivity index (χ0) is 41.4. The molecule has 13 aromatic rings. The van der Waals surface area contributed by atoms with Gasteiger partial charge in [0.15, 0.2) is 17.5 Å². The van der Waals surface area contributed by atoms with E-state index in [1.54, 1.807) is 11.3 Å². The van der Waals surface area contributed by atoms with Crippen molar-refractivity contribution in [1.29, 1.82) is 0 Å². The average Bonchev–Trinajstić information content (AvgIpc) is 4.01. The van der Waals surface area contributed by atoms with Gasteiger partial charge in [-0.25, -0.2) is 15.0 Å². The number of nitrogens with zero attached hydrogens (tertiary/aromatic N) is 5. The summed E-state index contributed by atoms with van der Waals surface area (Å²) in [5.41, 5.74) is 12.1. The van der Waals surface area contributed by atoms with Crippen molar-refractivity contribution < 1.29 is 0 Å². The molecule has 0 fully saturated rings. The minimum absolute atomic E-state index is 0.643. The van der Waals surface area contributed by atoms with Gasteiger partial charge in [-0.05, 0) is 71.8 Å². The standard InChI is InChI=1S/C57H35N5S/c1-4-16-36(17-5-1)38-20-14-21-39(32-38)56-58-55(37-18-6-2-7-19-37)59-57(60-56)46-27-15-26-45-48-34-47-44-31-30-41(62-49-28-12-10-24-42(49)43-25-11-13-29-50(43)62)33-51(44)61(40-22-8-3-9-23-40)52(47)35-53(48)63-54(45)46/h1-35H. The summed E-state index contributed by atoms with van der Waals surface area (Å²) in [4.78, 5) is 15.5. The molecule has 63 heavy (non-hydrogen) atoms. The maximum absolute atomic E-state index is 5.24. The number of hydrogen-bond acceptors (Lipinski definition) is 4. The molecule has 0 atom stereocenters. The molecule has 6 heteroatoms. The molecule has 0 aliphatic heterocycles. The van der Waals surface area contributed by atoms with Crippen molar-refractivity contribution in [2.45, 2.75) is 0 Å². The van der Waals surface area contributed by atoms with Gasteiger partial charge >= 0.3 is 0 Å². The molecule has 9 aromatic carbocycles. The van der Waals surface area contributed by atoms with Crippen molar-refractivity contribution in [1.82, 2.24) is 24.1 Å². The van der Waals surface area contributed by atoms with E-state index in [4.69, 9.17) is 15.0 Å². The quantitative estimate of drug-likeness (QED) is 0.168. The molecule has 0 unspecified atom stereocenters. The lowest BCUT2D eigenvalue weighted by Crippen LogP contribution is -2.00. The summed E-state index contributed by atoms with van der Waals surface area (Å²) in [7, 11) is 0. The van der Waals surface area contributed by atoms with Gasteiger partial charge in [0.2, 0.25) is 0 Å². The average molecular weight is 822 g/mol. The van der Waals surface area contributed by atoms with Crippen LogP contribution in [0.5, 0.6) is 0 Å². The minimum atomic E-state index is 0.643. The van der Waals surface area contributed by atoms with E-state index in [9.17, 15) is 0 Å². The van der Waals surface area contributed by atoms with E-state index in [2.05, 4.69) is 197 Å². The SMILES string of the molecule is c1ccc(-c2cccc(-c3nc(-c4ccccc4)nc(-c4cccc5c4sc4cc6c(cc45)c4ccc(-n5c7ccccc7c7ccccc75)cc4n6-c4ccccc4)n3)c2)cc1. The molecule has 0 radical (unpaired) electrons. The van der Waals surface area contributed by atoms with Crippen LogP contribution in [-0.4, -0.2) is 24.1 Å². The number of fused-ring (bicyclic) bond motifs is 9. The third kappa shape index (κ3) is 5.73. The molecule has 0 saturated carbocycles. The first-order valence-corrected chi connectivity index (χ1v) is 22.0. The fraction of sp³-hybridized carbons (Fsp3) is 0. The van der Waals surface area contributed by atoms with Crippen LogP contribution >= 0.6 is 11.3 Å². The summed E-state index contributed by atoms with van der Waals surface area (Å²) in [6.45, 7) is 0. The van der Waals surface area contributed by atoms with Gasteiger partial charge in [-0.3, -0.25) is 0 Å². The molecular formula is C57H35N5S. The molecule has 0 aliphatic carbocycles. The van der Waals surface area contributed by atoms with E-state index in [1.165, 1.54) is 59.1 Å². The van der Waals surface area contributed by atoms with Crippen LogP contribution in [0.3, 0.4) is 0 Å². The van der Waals surface area contributed by atoms with E-state index >= 15 is 0 Å². The Morgan fingerprint density at radius 3 is 1.59 bits per heavy atom. The molecule has 5 nitrogen and oxygen atoms in total. The molecular weight excluding hydrogens is 787 g/mol. The Hall–Kier alpha value is -8.19. The van der Waals surface area contributed by atoms with Gasteiger partial charge in [-0.15, -0.1) is 11.3 Å². The van der Waals surface area contributed by atoms with Crippen molar-refractivity contribution in [3.05, 3.63) is 212 Å². The van der Waals surface area contributed by atoms with Crippen LogP contribution < -0.4 is 0 Å².